The highest BCUT2D eigenvalue weighted by atomic mass is 15.0. The molecule has 0 aromatic carbocycles. The largest absolute Gasteiger partial charge is 0.384 e. The first-order valence-electron chi connectivity index (χ1n) is 6.26. The summed E-state index contributed by atoms with van der Waals surface area (Å²) in [4.78, 5) is 0. The van der Waals surface area contributed by atoms with Gasteiger partial charge in [-0.05, 0) is 30.5 Å². The van der Waals surface area contributed by atoms with Crippen molar-refractivity contribution in [2.24, 2.45) is 11.3 Å². The summed E-state index contributed by atoms with van der Waals surface area (Å²) >= 11 is 0. The van der Waals surface area contributed by atoms with Gasteiger partial charge in [-0.25, -0.2) is 0 Å². The van der Waals surface area contributed by atoms with Gasteiger partial charge < -0.3 is 10.6 Å². The first-order valence-corrected chi connectivity index (χ1v) is 6.26. The summed E-state index contributed by atoms with van der Waals surface area (Å²) in [6, 6.07) is 0.575. The quantitative estimate of drug-likeness (QED) is 0.647. The van der Waals surface area contributed by atoms with E-state index in [0.717, 1.165) is 19.0 Å². The van der Waals surface area contributed by atoms with Crippen molar-refractivity contribution in [2.45, 2.75) is 26.3 Å². The highest BCUT2D eigenvalue weighted by Crippen LogP contribution is 2.32. The van der Waals surface area contributed by atoms with E-state index >= 15 is 0 Å². The van der Waals surface area contributed by atoms with Crippen LogP contribution >= 0.6 is 0 Å². The third kappa shape index (κ3) is 1.61. The second-order valence-corrected chi connectivity index (χ2v) is 5.72. The van der Waals surface area contributed by atoms with E-state index in [4.69, 9.17) is 0 Å². The van der Waals surface area contributed by atoms with Crippen LogP contribution in [0.5, 0.6) is 0 Å². The predicted octanol–water partition coefficient (Wildman–Crippen LogP) is 1.97. The molecule has 2 heterocycles. The van der Waals surface area contributed by atoms with Crippen molar-refractivity contribution < 1.29 is 0 Å². The molecule has 0 amide bonds. The van der Waals surface area contributed by atoms with Crippen molar-refractivity contribution in [1.82, 2.24) is 10.6 Å². The lowest BCUT2D eigenvalue weighted by atomic mass is 9.88. The molecule has 0 aromatic heterocycles. The molecule has 2 atom stereocenters. The van der Waals surface area contributed by atoms with E-state index in [2.05, 4.69) is 48.8 Å². The fourth-order valence-corrected chi connectivity index (χ4v) is 2.86. The highest BCUT2D eigenvalue weighted by Gasteiger charge is 2.34. The number of hydrogen-bond donors (Lipinski definition) is 2. The van der Waals surface area contributed by atoms with Gasteiger partial charge in [0.25, 0.3) is 0 Å². The first-order chi connectivity index (χ1) is 7.66. The predicted molar refractivity (Wildman–Crippen MR) is 67.0 cm³/mol. The van der Waals surface area contributed by atoms with Gasteiger partial charge in [0.2, 0.25) is 0 Å². The van der Waals surface area contributed by atoms with Crippen LogP contribution in [0, 0.1) is 11.3 Å². The van der Waals surface area contributed by atoms with Crippen molar-refractivity contribution >= 4 is 0 Å². The molecule has 0 radical (unpaired) electrons. The third-order valence-electron chi connectivity index (χ3n) is 3.92. The molecule has 1 saturated heterocycles. The van der Waals surface area contributed by atoms with Crippen molar-refractivity contribution in [2.75, 3.05) is 13.1 Å². The van der Waals surface area contributed by atoms with Crippen LogP contribution in [-0.2, 0) is 0 Å². The van der Waals surface area contributed by atoms with Gasteiger partial charge in [0.1, 0.15) is 0 Å². The van der Waals surface area contributed by atoms with Gasteiger partial charge in [-0.3, -0.25) is 0 Å². The molecule has 3 rings (SSSR count). The molecule has 1 fully saturated rings. The van der Waals surface area contributed by atoms with Gasteiger partial charge in [-0.15, -0.1) is 0 Å². The smallest absolute Gasteiger partial charge is 0.0386 e. The molecule has 16 heavy (non-hydrogen) atoms. The molecule has 0 saturated carbocycles. The van der Waals surface area contributed by atoms with E-state index in [0.29, 0.717) is 6.04 Å². The molecular weight excluding hydrogens is 196 g/mol. The first kappa shape index (κ1) is 10.2. The minimum absolute atomic E-state index is 0.174. The van der Waals surface area contributed by atoms with Gasteiger partial charge in [-0.2, -0.15) is 0 Å². The number of nitrogens with one attached hydrogen (secondary N) is 2. The maximum absolute atomic E-state index is 3.63. The Bertz CT molecular complexity index is 388. The van der Waals surface area contributed by atoms with Crippen LogP contribution in [0.15, 0.2) is 35.6 Å². The number of allylic oxidation sites excluding steroid dienone is 3. The molecular formula is C14H20N2. The number of rotatable bonds is 0. The monoisotopic (exact) mass is 216 g/mol. The number of hydrogen-bond acceptors (Lipinski definition) is 2. The van der Waals surface area contributed by atoms with Gasteiger partial charge in [0.05, 0.1) is 0 Å². The van der Waals surface area contributed by atoms with Gasteiger partial charge in [0, 0.05) is 23.7 Å². The van der Waals surface area contributed by atoms with Crippen molar-refractivity contribution in [3.8, 4) is 0 Å². The molecule has 0 aromatic rings. The lowest BCUT2D eigenvalue weighted by Gasteiger charge is -2.29. The fourth-order valence-electron chi connectivity index (χ4n) is 2.86. The molecule has 86 valence electrons. The van der Waals surface area contributed by atoms with E-state index in [1.165, 1.54) is 17.7 Å². The van der Waals surface area contributed by atoms with E-state index in [-0.39, 0.29) is 5.41 Å². The normalized spacial score (nSPS) is 35.4. The number of fused-ring (bicyclic) bond motifs is 2. The molecule has 2 aliphatic heterocycles. The van der Waals surface area contributed by atoms with Crippen molar-refractivity contribution in [3.05, 3.63) is 35.6 Å². The molecule has 2 heteroatoms. The Morgan fingerprint density at radius 3 is 2.94 bits per heavy atom. The molecule has 3 aliphatic rings. The topological polar surface area (TPSA) is 24.1 Å². The Morgan fingerprint density at radius 2 is 2.06 bits per heavy atom. The van der Waals surface area contributed by atoms with Crippen LogP contribution in [0.4, 0.5) is 0 Å². The molecule has 1 aliphatic carbocycles. The van der Waals surface area contributed by atoms with Crippen LogP contribution < -0.4 is 10.6 Å². The maximum atomic E-state index is 3.63. The van der Waals surface area contributed by atoms with Gasteiger partial charge in [-0.1, -0.05) is 32.1 Å². The van der Waals surface area contributed by atoms with Crippen molar-refractivity contribution in [3.63, 3.8) is 0 Å². The van der Waals surface area contributed by atoms with Crippen LogP contribution in [-0.4, -0.2) is 19.1 Å². The summed E-state index contributed by atoms with van der Waals surface area (Å²) in [5, 5.41) is 7.20. The van der Waals surface area contributed by atoms with E-state index in [1.807, 2.05) is 0 Å². The zero-order chi connectivity index (χ0) is 11.2. The summed E-state index contributed by atoms with van der Waals surface area (Å²) in [5.74, 6) is 0.776. The maximum Gasteiger partial charge on any atom is 0.0386 e. The lowest BCUT2D eigenvalue weighted by molar-refractivity contribution is 0.451. The lowest BCUT2D eigenvalue weighted by Crippen LogP contribution is -2.40. The minimum atomic E-state index is 0.174. The molecule has 2 N–H and O–H groups in total. The summed E-state index contributed by atoms with van der Waals surface area (Å²) in [7, 11) is 0. The summed E-state index contributed by atoms with van der Waals surface area (Å²) in [5.41, 5.74) is 2.95. The third-order valence-corrected chi connectivity index (χ3v) is 3.92. The Balaban J connectivity index is 1.99. The SMILES string of the molecule is CC1(C)C=CC2=C(C=C1)C1NCCC1CN2. The van der Waals surface area contributed by atoms with E-state index < -0.39 is 0 Å². The fraction of sp³-hybridized carbons (Fsp3) is 0.571. The summed E-state index contributed by atoms with van der Waals surface area (Å²) < 4.78 is 0. The molecule has 2 nitrogen and oxygen atoms in total. The Morgan fingerprint density at radius 1 is 1.25 bits per heavy atom. The van der Waals surface area contributed by atoms with Crippen LogP contribution in [0.1, 0.15) is 20.3 Å². The zero-order valence-electron chi connectivity index (χ0n) is 10.1. The van der Waals surface area contributed by atoms with E-state index in [9.17, 15) is 0 Å². The van der Waals surface area contributed by atoms with Crippen LogP contribution in [0.2, 0.25) is 0 Å². The molecule has 0 bridgehead atoms. The average Bonchev–Trinajstić information content (AvgIpc) is 2.66. The molecule has 2 unspecified atom stereocenters. The van der Waals surface area contributed by atoms with Crippen LogP contribution in [0.25, 0.3) is 0 Å². The Labute approximate surface area is 97.5 Å². The van der Waals surface area contributed by atoms with E-state index in [1.54, 1.807) is 0 Å². The second-order valence-electron chi connectivity index (χ2n) is 5.72. The summed E-state index contributed by atoms with van der Waals surface area (Å²) in [6.45, 7) is 6.78. The second kappa shape index (κ2) is 3.49. The van der Waals surface area contributed by atoms with Gasteiger partial charge >= 0.3 is 0 Å². The summed E-state index contributed by atoms with van der Waals surface area (Å²) in [6.07, 6.45) is 10.5. The Kier molecular flexibility index (Phi) is 2.21. The van der Waals surface area contributed by atoms with Crippen molar-refractivity contribution in [1.29, 1.82) is 0 Å². The zero-order valence-corrected chi connectivity index (χ0v) is 10.1. The van der Waals surface area contributed by atoms with Crippen LogP contribution in [0.3, 0.4) is 0 Å². The Hall–Kier alpha value is -1.02. The minimum Gasteiger partial charge on any atom is -0.384 e. The molecule has 0 spiro atoms. The van der Waals surface area contributed by atoms with Gasteiger partial charge in [0.15, 0.2) is 0 Å². The standard InChI is InChI=1S/C14H20N2/c1-14(2)6-3-11-12(4-7-14)16-9-10-5-8-15-13(10)11/h3-4,6-7,10,13,15-16H,5,8-9H2,1-2H3. The highest BCUT2D eigenvalue weighted by molar-refractivity contribution is 5.43. The average molecular weight is 216 g/mol.